The number of nitrogens with one attached hydrogen (secondary N) is 1. The molecule has 1 N–H and O–H groups in total. The highest BCUT2D eigenvalue weighted by Gasteiger charge is 2.15. The van der Waals surface area contributed by atoms with Gasteiger partial charge in [0.2, 0.25) is 17.6 Å². The van der Waals surface area contributed by atoms with Crippen LogP contribution in [0, 0.1) is 0 Å². The largest absolute Gasteiger partial charge is 0.346 e. The van der Waals surface area contributed by atoms with E-state index in [1.807, 2.05) is 12.1 Å². The Morgan fingerprint density at radius 3 is 2.73 bits per heavy atom. The molecule has 0 aliphatic rings. The van der Waals surface area contributed by atoms with Crippen LogP contribution in [0.1, 0.15) is 23.7 Å². The van der Waals surface area contributed by atoms with E-state index in [-0.39, 0.29) is 24.1 Å². The molecule has 0 unspecified atom stereocenters. The molecule has 0 aliphatic carbocycles. The van der Waals surface area contributed by atoms with Crippen LogP contribution in [0.5, 0.6) is 0 Å². The van der Waals surface area contributed by atoms with Gasteiger partial charge in [-0.2, -0.15) is 4.98 Å². The molecule has 2 aromatic rings. The van der Waals surface area contributed by atoms with Crippen molar-refractivity contribution in [3.05, 3.63) is 46.6 Å². The molecule has 0 saturated carbocycles. The average molecular weight is 348 g/mol. The summed E-state index contributed by atoms with van der Waals surface area (Å²) in [6, 6.07) is 7.34. The minimum Gasteiger partial charge on any atom is -0.346 e. The van der Waals surface area contributed by atoms with E-state index in [2.05, 4.69) is 20.0 Å². The van der Waals surface area contributed by atoms with Crippen LogP contribution in [0.2, 0.25) is 5.02 Å². The Bertz CT molecular complexity index is 622. The van der Waals surface area contributed by atoms with Gasteiger partial charge in [-0.25, -0.2) is 8.78 Å². The van der Waals surface area contributed by atoms with Gasteiger partial charge in [-0.05, 0) is 17.7 Å². The van der Waals surface area contributed by atoms with Crippen LogP contribution in [0.3, 0.4) is 0 Å². The third-order valence-corrected chi connectivity index (χ3v) is 3.79. The number of amides is 1. The van der Waals surface area contributed by atoms with Gasteiger partial charge < -0.3 is 9.84 Å². The van der Waals surface area contributed by atoms with Crippen LogP contribution in [-0.2, 0) is 17.1 Å². The van der Waals surface area contributed by atoms with Crippen molar-refractivity contribution in [3.63, 3.8) is 0 Å². The maximum atomic E-state index is 12.2. The van der Waals surface area contributed by atoms with Crippen molar-refractivity contribution in [1.82, 2.24) is 15.5 Å². The van der Waals surface area contributed by atoms with Crippen molar-refractivity contribution < 1.29 is 18.1 Å². The van der Waals surface area contributed by atoms with E-state index in [0.29, 0.717) is 10.8 Å². The molecule has 0 saturated heterocycles. The molecular weight excluding hydrogens is 336 g/mol. The van der Waals surface area contributed by atoms with Crippen LogP contribution in [-0.4, -0.2) is 21.8 Å². The molecule has 118 valence electrons. The lowest BCUT2D eigenvalue weighted by Crippen LogP contribution is -2.24. The molecule has 0 aliphatic heterocycles. The zero-order valence-corrected chi connectivity index (χ0v) is 12.8. The van der Waals surface area contributed by atoms with E-state index in [1.165, 1.54) is 11.8 Å². The predicted octanol–water partition coefficient (Wildman–Crippen LogP) is 3.21. The van der Waals surface area contributed by atoms with Crippen molar-refractivity contribution in [2.24, 2.45) is 0 Å². The number of carbonyl (C=O) groups is 1. The molecule has 0 spiro atoms. The van der Waals surface area contributed by atoms with E-state index in [4.69, 9.17) is 11.6 Å². The Morgan fingerprint density at radius 1 is 1.36 bits per heavy atom. The number of alkyl halides is 2. The molecule has 9 heteroatoms. The second kappa shape index (κ2) is 8.09. The molecule has 5 nitrogen and oxygen atoms in total. The number of thioether (sulfide) groups is 1. The van der Waals surface area contributed by atoms with Crippen molar-refractivity contribution in [3.8, 4) is 0 Å². The van der Waals surface area contributed by atoms with Gasteiger partial charge in [-0.15, -0.1) is 11.8 Å². The Hall–Kier alpha value is -1.67. The summed E-state index contributed by atoms with van der Waals surface area (Å²) in [4.78, 5) is 15.1. The lowest BCUT2D eigenvalue weighted by atomic mass is 10.2. The first-order valence-electron chi connectivity index (χ1n) is 6.24. The number of benzene rings is 1. The topological polar surface area (TPSA) is 68.0 Å². The normalized spacial score (nSPS) is 10.9. The second-order valence-electron chi connectivity index (χ2n) is 4.24. The molecule has 0 atom stereocenters. The summed E-state index contributed by atoms with van der Waals surface area (Å²) < 4.78 is 29.1. The van der Waals surface area contributed by atoms with Crippen molar-refractivity contribution in [1.29, 1.82) is 0 Å². The van der Waals surface area contributed by atoms with E-state index in [0.717, 1.165) is 5.56 Å². The van der Waals surface area contributed by atoms with Crippen molar-refractivity contribution in [2.45, 2.75) is 18.7 Å². The molecule has 1 amide bonds. The van der Waals surface area contributed by atoms with Gasteiger partial charge in [-0.3, -0.25) is 4.79 Å². The summed E-state index contributed by atoms with van der Waals surface area (Å²) in [7, 11) is 0. The summed E-state index contributed by atoms with van der Waals surface area (Å²) in [6.07, 6.45) is -2.79. The molecule has 1 heterocycles. The molecule has 22 heavy (non-hydrogen) atoms. The fraction of sp³-hybridized carbons (Fsp3) is 0.308. The van der Waals surface area contributed by atoms with Gasteiger partial charge in [0.15, 0.2) is 0 Å². The van der Waals surface area contributed by atoms with E-state index in [9.17, 15) is 13.6 Å². The smallest absolute Gasteiger partial charge is 0.300 e. The molecule has 2 rings (SSSR count). The lowest BCUT2D eigenvalue weighted by molar-refractivity contribution is -0.118. The highest BCUT2D eigenvalue weighted by atomic mass is 35.5. The van der Waals surface area contributed by atoms with Crippen LogP contribution in [0.15, 0.2) is 28.8 Å². The summed E-state index contributed by atoms with van der Waals surface area (Å²) in [5.74, 6) is -0.0671. The second-order valence-corrected chi connectivity index (χ2v) is 5.67. The summed E-state index contributed by atoms with van der Waals surface area (Å²) in [6.45, 7) is -0.0694. The maximum absolute atomic E-state index is 12.2. The SMILES string of the molecule is O=C(CSCc1ccc(Cl)cc1)NCc1nc(C(F)F)no1. The number of hydrogen-bond acceptors (Lipinski definition) is 5. The first-order valence-corrected chi connectivity index (χ1v) is 7.77. The van der Waals surface area contributed by atoms with Gasteiger partial charge in [-0.1, -0.05) is 28.9 Å². The molecule has 1 aromatic heterocycles. The van der Waals surface area contributed by atoms with Gasteiger partial charge in [0, 0.05) is 10.8 Å². The highest BCUT2D eigenvalue weighted by molar-refractivity contribution is 7.99. The minimum atomic E-state index is -2.79. The molecule has 0 radical (unpaired) electrons. The first kappa shape index (κ1) is 16.7. The summed E-state index contributed by atoms with van der Waals surface area (Å²) >= 11 is 7.20. The Balaban J connectivity index is 1.68. The number of aromatic nitrogens is 2. The van der Waals surface area contributed by atoms with Gasteiger partial charge in [0.25, 0.3) is 0 Å². The standard InChI is InChI=1S/C13H12ClF2N3O2S/c14-9-3-1-8(2-4-9)6-22-7-10(20)17-5-11-18-13(12(15)16)19-21-11/h1-4,12H,5-7H2,(H,17,20). The highest BCUT2D eigenvalue weighted by Crippen LogP contribution is 2.16. The lowest BCUT2D eigenvalue weighted by Gasteiger charge is -2.03. The molecular formula is C13H12ClF2N3O2S. The molecule has 1 aromatic carbocycles. The monoisotopic (exact) mass is 347 g/mol. The molecule has 0 bridgehead atoms. The molecule has 0 fully saturated rings. The van der Waals surface area contributed by atoms with Crippen molar-refractivity contribution in [2.75, 3.05) is 5.75 Å². The fourth-order valence-corrected chi connectivity index (χ4v) is 2.44. The fourth-order valence-electron chi connectivity index (χ4n) is 1.50. The van der Waals surface area contributed by atoms with Crippen LogP contribution in [0.4, 0.5) is 8.78 Å². The number of nitrogens with zero attached hydrogens (tertiary/aromatic N) is 2. The Labute approximate surface area is 134 Å². The minimum absolute atomic E-state index is 0.0497. The van der Waals surface area contributed by atoms with Gasteiger partial charge >= 0.3 is 6.43 Å². The number of carbonyl (C=O) groups excluding carboxylic acids is 1. The maximum Gasteiger partial charge on any atom is 0.300 e. The van der Waals surface area contributed by atoms with E-state index in [1.54, 1.807) is 12.1 Å². The number of halogens is 3. The van der Waals surface area contributed by atoms with Crippen LogP contribution >= 0.6 is 23.4 Å². The van der Waals surface area contributed by atoms with Gasteiger partial charge in [0.1, 0.15) is 0 Å². The average Bonchev–Trinajstić information content (AvgIpc) is 2.96. The van der Waals surface area contributed by atoms with Crippen molar-refractivity contribution >= 4 is 29.3 Å². The first-order chi connectivity index (χ1) is 10.5. The summed E-state index contributed by atoms with van der Waals surface area (Å²) in [5, 5.41) is 6.29. The third-order valence-electron chi connectivity index (χ3n) is 2.53. The van der Waals surface area contributed by atoms with E-state index < -0.39 is 12.2 Å². The summed E-state index contributed by atoms with van der Waals surface area (Å²) in [5.41, 5.74) is 1.06. The van der Waals surface area contributed by atoms with E-state index >= 15 is 0 Å². The Kier molecular flexibility index (Phi) is 6.14. The van der Waals surface area contributed by atoms with Crippen LogP contribution < -0.4 is 5.32 Å². The Morgan fingerprint density at radius 2 is 2.09 bits per heavy atom. The zero-order chi connectivity index (χ0) is 15.9. The number of rotatable bonds is 7. The zero-order valence-electron chi connectivity index (χ0n) is 11.3. The number of hydrogen-bond donors (Lipinski definition) is 1. The quantitative estimate of drug-likeness (QED) is 0.833. The van der Waals surface area contributed by atoms with Gasteiger partial charge in [0.05, 0.1) is 12.3 Å². The van der Waals surface area contributed by atoms with Crippen LogP contribution in [0.25, 0.3) is 0 Å². The predicted molar refractivity (Wildman–Crippen MR) is 78.7 cm³/mol. The third kappa shape index (κ3) is 5.27.